The lowest BCUT2D eigenvalue weighted by molar-refractivity contribution is -0.122. The first-order valence-corrected chi connectivity index (χ1v) is 8.91. The molecule has 0 radical (unpaired) electrons. The molecule has 2 fully saturated rings. The van der Waals surface area contributed by atoms with Gasteiger partial charge in [0.25, 0.3) is 0 Å². The van der Waals surface area contributed by atoms with Crippen molar-refractivity contribution in [2.45, 2.75) is 44.2 Å². The molecule has 0 bridgehead atoms. The second-order valence-corrected chi connectivity index (χ2v) is 6.77. The quantitative estimate of drug-likeness (QED) is 0.677. The Kier molecular flexibility index (Phi) is 5.41. The van der Waals surface area contributed by atoms with Crippen LogP contribution < -0.4 is 16.0 Å². The summed E-state index contributed by atoms with van der Waals surface area (Å²) in [7, 11) is 0. The number of nitrogens with one attached hydrogen (secondary N) is 3. The van der Waals surface area contributed by atoms with Crippen molar-refractivity contribution in [3.8, 4) is 0 Å². The number of nitrogens with zero attached hydrogens (tertiary/aromatic N) is 1. The van der Waals surface area contributed by atoms with Crippen molar-refractivity contribution >= 4 is 34.2 Å². The van der Waals surface area contributed by atoms with Gasteiger partial charge in [-0.15, -0.1) is 11.3 Å². The van der Waals surface area contributed by atoms with E-state index in [0.29, 0.717) is 30.2 Å². The molecule has 2 atom stereocenters. The van der Waals surface area contributed by atoms with Crippen LogP contribution in [-0.4, -0.2) is 48.0 Å². The first-order valence-electron chi connectivity index (χ1n) is 8.03. The highest BCUT2D eigenvalue weighted by molar-refractivity contribution is 7.13. The molecule has 2 saturated heterocycles. The SMILES string of the molecule is O=C(Cc1csc(NC(=O)C2CCC(=O)N2)n1)NCC1CCCO1. The predicted octanol–water partition coefficient (Wildman–Crippen LogP) is 0.198. The normalized spacial score (nSPS) is 23.1. The number of amides is 3. The maximum absolute atomic E-state index is 12.0. The van der Waals surface area contributed by atoms with Crippen LogP contribution in [0, 0.1) is 0 Å². The van der Waals surface area contributed by atoms with Gasteiger partial charge >= 0.3 is 0 Å². The van der Waals surface area contributed by atoms with E-state index in [-0.39, 0.29) is 30.2 Å². The smallest absolute Gasteiger partial charge is 0.248 e. The predicted molar refractivity (Wildman–Crippen MR) is 87.6 cm³/mol. The minimum Gasteiger partial charge on any atom is -0.376 e. The Morgan fingerprint density at radius 2 is 2.29 bits per heavy atom. The van der Waals surface area contributed by atoms with E-state index < -0.39 is 6.04 Å². The highest BCUT2D eigenvalue weighted by Crippen LogP contribution is 2.17. The third-order valence-electron chi connectivity index (χ3n) is 3.99. The third kappa shape index (κ3) is 4.51. The lowest BCUT2D eigenvalue weighted by atomic mass is 10.2. The van der Waals surface area contributed by atoms with Gasteiger partial charge < -0.3 is 20.7 Å². The summed E-state index contributed by atoms with van der Waals surface area (Å²) in [6.45, 7) is 1.28. The van der Waals surface area contributed by atoms with E-state index in [2.05, 4.69) is 20.9 Å². The summed E-state index contributed by atoms with van der Waals surface area (Å²) in [4.78, 5) is 39.3. The second-order valence-electron chi connectivity index (χ2n) is 5.91. The molecule has 3 amide bonds. The zero-order chi connectivity index (χ0) is 16.9. The molecule has 0 aliphatic carbocycles. The van der Waals surface area contributed by atoms with Gasteiger partial charge in [0.1, 0.15) is 6.04 Å². The van der Waals surface area contributed by atoms with Crippen LogP contribution in [0.2, 0.25) is 0 Å². The Hall–Kier alpha value is -2.00. The van der Waals surface area contributed by atoms with E-state index in [1.54, 1.807) is 5.38 Å². The van der Waals surface area contributed by atoms with Crippen molar-refractivity contribution in [3.05, 3.63) is 11.1 Å². The number of ether oxygens (including phenoxy) is 1. The topological polar surface area (TPSA) is 109 Å². The van der Waals surface area contributed by atoms with Crippen molar-refractivity contribution in [1.29, 1.82) is 0 Å². The van der Waals surface area contributed by atoms with Gasteiger partial charge in [-0.2, -0.15) is 0 Å². The van der Waals surface area contributed by atoms with Crippen LogP contribution in [0.5, 0.6) is 0 Å². The van der Waals surface area contributed by atoms with Gasteiger partial charge in [0.2, 0.25) is 17.7 Å². The van der Waals surface area contributed by atoms with E-state index in [1.165, 1.54) is 11.3 Å². The monoisotopic (exact) mass is 352 g/mol. The Morgan fingerprint density at radius 3 is 3.00 bits per heavy atom. The van der Waals surface area contributed by atoms with Crippen LogP contribution in [0.3, 0.4) is 0 Å². The molecule has 3 heterocycles. The Bertz CT molecular complexity index is 627. The molecule has 1 aromatic rings. The number of hydrogen-bond donors (Lipinski definition) is 3. The summed E-state index contributed by atoms with van der Waals surface area (Å²) in [6.07, 6.45) is 3.16. The molecule has 0 saturated carbocycles. The molecule has 24 heavy (non-hydrogen) atoms. The second kappa shape index (κ2) is 7.71. The molecular formula is C15H20N4O4S. The van der Waals surface area contributed by atoms with Crippen LogP contribution in [-0.2, 0) is 25.5 Å². The molecule has 1 aromatic heterocycles. The molecule has 3 N–H and O–H groups in total. The molecule has 9 heteroatoms. The molecule has 3 rings (SSSR count). The third-order valence-corrected chi connectivity index (χ3v) is 4.79. The standard InChI is InChI=1S/C15H20N4O4S/c20-12-4-3-11(18-12)14(22)19-15-17-9(8-24-15)6-13(21)16-7-10-2-1-5-23-10/h8,10-11H,1-7H2,(H,16,21)(H,18,20)(H,17,19,22). The van der Waals surface area contributed by atoms with Crippen molar-refractivity contribution in [2.75, 3.05) is 18.5 Å². The molecule has 2 unspecified atom stereocenters. The zero-order valence-electron chi connectivity index (χ0n) is 13.2. The summed E-state index contributed by atoms with van der Waals surface area (Å²) >= 11 is 1.26. The maximum Gasteiger partial charge on any atom is 0.248 e. The first-order chi connectivity index (χ1) is 11.6. The van der Waals surface area contributed by atoms with E-state index >= 15 is 0 Å². The van der Waals surface area contributed by atoms with E-state index in [4.69, 9.17) is 4.74 Å². The summed E-state index contributed by atoms with van der Waals surface area (Å²) in [6, 6.07) is -0.500. The van der Waals surface area contributed by atoms with Crippen molar-refractivity contribution in [3.63, 3.8) is 0 Å². The molecular weight excluding hydrogens is 332 g/mol. The Labute approximate surface area is 143 Å². The highest BCUT2D eigenvalue weighted by atomic mass is 32.1. The number of carbonyl (C=O) groups excluding carboxylic acids is 3. The first kappa shape index (κ1) is 16.8. The van der Waals surface area contributed by atoms with E-state index in [9.17, 15) is 14.4 Å². The molecule has 2 aliphatic heterocycles. The lowest BCUT2D eigenvalue weighted by Gasteiger charge is -2.10. The number of anilines is 1. The minimum absolute atomic E-state index is 0.112. The summed E-state index contributed by atoms with van der Waals surface area (Å²) in [5, 5.41) is 10.3. The molecule has 130 valence electrons. The van der Waals surface area contributed by atoms with Crippen LogP contribution in [0.15, 0.2) is 5.38 Å². The molecule has 8 nitrogen and oxygen atoms in total. The Balaban J connectivity index is 1.43. The average Bonchev–Trinajstić information content (AvgIpc) is 3.27. The van der Waals surface area contributed by atoms with Gasteiger partial charge in [0.05, 0.1) is 18.2 Å². The minimum atomic E-state index is -0.500. The summed E-state index contributed by atoms with van der Waals surface area (Å²) < 4.78 is 5.45. The average molecular weight is 352 g/mol. The number of carbonyl (C=O) groups is 3. The highest BCUT2D eigenvalue weighted by Gasteiger charge is 2.27. The van der Waals surface area contributed by atoms with Crippen molar-refractivity contribution in [2.24, 2.45) is 0 Å². The van der Waals surface area contributed by atoms with Crippen molar-refractivity contribution < 1.29 is 19.1 Å². The summed E-state index contributed by atoms with van der Waals surface area (Å²) in [5.41, 5.74) is 0.607. The van der Waals surface area contributed by atoms with Crippen molar-refractivity contribution in [1.82, 2.24) is 15.6 Å². The fourth-order valence-electron chi connectivity index (χ4n) is 2.71. The molecule has 0 aromatic carbocycles. The van der Waals surface area contributed by atoms with Gasteiger partial charge in [-0.05, 0) is 19.3 Å². The maximum atomic E-state index is 12.0. The number of thiazole rings is 1. The van der Waals surface area contributed by atoms with E-state index in [1.807, 2.05) is 0 Å². The molecule has 2 aliphatic rings. The summed E-state index contributed by atoms with van der Waals surface area (Å²) in [5.74, 6) is -0.501. The number of aromatic nitrogens is 1. The van der Waals surface area contributed by atoms with Gasteiger partial charge in [-0.25, -0.2) is 4.98 Å². The van der Waals surface area contributed by atoms with Crippen LogP contribution in [0.25, 0.3) is 0 Å². The Morgan fingerprint density at radius 1 is 1.42 bits per heavy atom. The van der Waals surface area contributed by atoms with Gasteiger partial charge in [-0.3, -0.25) is 14.4 Å². The lowest BCUT2D eigenvalue weighted by Crippen LogP contribution is -2.37. The van der Waals surface area contributed by atoms with Crippen LogP contribution in [0.4, 0.5) is 5.13 Å². The fourth-order valence-corrected chi connectivity index (χ4v) is 3.42. The van der Waals surface area contributed by atoms with Gasteiger partial charge in [-0.1, -0.05) is 0 Å². The van der Waals surface area contributed by atoms with Crippen LogP contribution in [0.1, 0.15) is 31.4 Å². The van der Waals surface area contributed by atoms with Gasteiger partial charge in [0.15, 0.2) is 5.13 Å². The van der Waals surface area contributed by atoms with Crippen LogP contribution >= 0.6 is 11.3 Å². The zero-order valence-corrected chi connectivity index (χ0v) is 14.0. The molecule has 0 spiro atoms. The largest absolute Gasteiger partial charge is 0.376 e. The van der Waals surface area contributed by atoms with E-state index in [0.717, 1.165) is 19.4 Å². The van der Waals surface area contributed by atoms with Gasteiger partial charge in [0, 0.05) is 25.0 Å². The fraction of sp³-hybridized carbons (Fsp3) is 0.600. The number of rotatable bonds is 6. The number of hydrogen-bond acceptors (Lipinski definition) is 6.